The quantitative estimate of drug-likeness (QED) is 0.722. The van der Waals surface area contributed by atoms with E-state index in [4.69, 9.17) is 4.74 Å². The van der Waals surface area contributed by atoms with Gasteiger partial charge in [0.15, 0.2) is 0 Å². The summed E-state index contributed by atoms with van der Waals surface area (Å²) in [5, 5.41) is 7.08. The fraction of sp³-hybridized carbons (Fsp3) is 0.273. The molecule has 1 aromatic carbocycles. The Kier molecular flexibility index (Phi) is 4.46. The molecule has 5 rings (SSSR count). The number of ether oxygens (including phenoxy) is 1. The SMILES string of the molecule is O=C(c1cc(-c2ccccn2)n[nH]1)N1CCN2C(=O)OCC2(Cc2ccccc2)C1. The number of H-pyrrole nitrogens is 1. The first-order valence-electron chi connectivity index (χ1n) is 9.89. The Hall–Kier alpha value is -3.68. The number of aromatic nitrogens is 3. The third kappa shape index (κ3) is 3.20. The maximum absolute atomic E-state index is 13.2. The summed E-state index contributed by atoms with van der Waals surface area (Å²) in [7, 11) is 0. The standard InChI is InChI=1S/C22H21N5O3/c28-20(19-12-18(24-25-19)17-8-4-5-9-23-17)26-10-11-27-21(29)30-15-22(27,14-26)13-16-6-2-1-3-7-16/h1-9,12H,10-11,13-15H2,(H,24,25). The van der Waals surface area contributed by atoms with Crippen molar-refractivity contribution in [2.24, 2.45) is 0 Å². The van der Waals surface area contributed by atoms with Crippen molar-refractivity contribution in [3.63, 3.8) is 0 Å². The van der Waals surface area contributed by atoms with Crippen LogP contribution >= 0.6 is 0 Å². The molecule has 1 atom stereocenters. The molecule has 0 aliphatic carbocycles. The maximum Gasteiger partial charge on any atom is 0.410 e. The summed E-state index contributed by atoms with van der Waals surface area (Å²) < 4.78 is 5.39. The molecule has 2 amide bonds. The lowest BCUT2D eigenvalue weighted by Gasteiger charge is -2.44. The largest absolute Gasteiger partial charge is 0.447 e. The molecule has 2 aromatic heterocycles. The molecule has 30 heavy (non-hydrogen) atoms. The molecule has 4 heterocycles. The van der Waals surface area contributed by atoms with E-state index in [0.717, 1.165) is 5.56 Å². The Bertz CT molecular complexity index is 1070. The van der Waals surface area contributed by atoms with Gasteiger partial charge in [-0.05, 0) is 23.8 Å². The second kappa shape index (κ2) is 7.29. The van der Waals surface area contributed by atoms with Crippen molar-refractivity contribution in [2.75, 3.05) is 26.2 Å². The second-order valence-electron chi connectivity index (χ2n) is 7.70. The number of carbonyl (C=O) groups excluding carboxylic acids is 2. The minimum Gasteiger partial charge on any atom is -0.447 e. The molecule has 2 saturated heterocycles. The average Bonchev–Trinajstić information content (AvgIpc) is 3.40. The van der Waals surface area contributed by atoms with Crippen LogP contribution in [0.5, 0.6) is 0 Å². The molecule has 0 bridgehead atoms. The van der Waals surface area contributed by atoms with Crippen LogP contribution in [-0.4, -0.2) is 68.8 Å². The minimum atomic E-state index is -0.559. The van der Waals surface area contributed by atoms with Gasteiger partial charge in [0, 0.05) is 32.3 Å². The van der Waals surface area contributed by atoms with Crippen LogP contribution in [0.25, 0.3) is 11.4 Å². The zero-order valence-corrected chi connectivity index (χ0v) is 16.3. The van der Waals surface area contributed by atoms with Crippen molar-refractivity contribution in [2.45, 2.75) is 12.0 Å². The average molecular weight is 403 g/mol. The van der Waals surface area contributed by atoms with Crippen LogP contribution < -0.4 is 0 Å². The number of rotatable bonds is 4. The van der Waals surface area contributed by atoms with Gasteiger partial charge in [-0.25, -0.2) is 4.79 Å². The molecular weight excluding hydrogens is 382 g/mol. The summed E-state index contributed by atoms with van der Waals surface area (Å²) in [6.07, 6.45) is 2.01. The number of benzene rings is 1. The van der Waals surface area contributed by atoms with Crippen LogP contribution in [0.3, 0.4) is 0 Å². The Balaban J connectivity index is 1.39. The number of nitrogens with one attached hydrogen (secondary N) is 1. The normalized spacial score (nSPS) is 20.7. The molecule has 0 radical (unpaired) electrons. The number of cyclic esters (lactones) is 1. The van der Waals surface area contributed by atoms with Crippen LogP contribution in [0.2, 0.25) is 0 Å². The number of aromatic amines is 1. The molecule has 8 nitrogen and oxygen atoms in total. The number of hydrogen-bond donors (Lipinski definition) is 1. The lowest BCUT2D eigenvalue weighted by atomic mass is 9.88. The van der Waals surface area contributed by atoms with Crippen LogP contribution in [0.4, 0.5) is 4.79 Å². The van der Waals surface area contributed by atoms with Gasteiger partial charge in [-0.1, -0.05) is 36.4 Å². The topological polar surface area (TPSA) is 91.4 Å². The van der Waals surface area contributed by atoms with Gasteiger partial charge in [0.1, 0.15) is 23.5 Å². The van der Waals surface area contributed by atoms with E-state index in [9.17, 15) is 9.59 Å². The van der Waals surface area contributed by atoms with E-state index < -0.39 is 5.54 Å². The number of carbonyl (C=O) groups is 2. The van der Waals surface area contributed by atoms with Gasteiger partial charge in [-0.15, -0.1) is 0 Å². The van der Waals surface area contributed by atoms with E-state index in [1.165, 1.54) is 0 Å². The summed E-state index contributed by atoms with van der Waals surface area (Å²) in [6.45, 7) is 1.57. The highest BCUT2D eigenvalue weighted by Crippen LogP contribution is 2.33. The van der Waals surface area contributed by atoms with Crippen LogP contribution in [0.15, 0.2) is 60.8 Å². The summed E-state index contributed by atoms with van der Waals surface area (Å²) >= 11 is 0. The summed E-state index contributed by atoms with van der Waals surface area (Å²) in [5.41, 5.74) is 2.28. The first-order valence-corrected chi connectivity index (χ1v) is 9.89. The van der Waals surface area contributed by atoms with E-state index >= 15 is 0 Å². The highest BCUT2D eigenvalue weighted by Gasteiger charge is 2.51. The van der Waals surface area contributed by atoms with Crippen LogP contribution in [-0.2, 0) is 11.2 Å². The molecule has 2 aliphatic heterocycles. The van der Waals surface area contributed by atoms with E-state index in [2.05, 4.69) is 15.2 Å². The molecule has 2 aliphatic rings. The third-order valence-electron chi connectivity index (χ3n) is 5.73. The Morgan fingerprint density at radius 2 is 1.93 bits per heavy atom. The predicted octanol–water partition coefficient (Wildman–Crippen LogP) is 2.36. The van der Waals surface area contributed by atoms with E-state index in [1.54, 1.807) is 22.1 Å². The van der Waals surface area contributed by atoms with Crippen molar-refractivity contribution >= 4 is 12.0 Å². The van der Waals surface area contributed by atoms with Gasteiger partial charge >= 0.3 is 6.09 Å². The number of fused-ring (bicyclic) bond motifs is 1. The number of amides is 2. The first kappa shape index (κ1) is 18.4. The molecule has 0 saturated carbocycles. The fourth-order valence-corrected chi connectivity index (χ4v) is 4.26. The first-order chi connectivity index (χ1) is 14.6. The van der Waals surface area contributed by atoms with Gasteiger partial charge < -0.3 is 9.64 Å². The molecule has 0 spiro atoms. The lowest BCUT2D eigenvalue weighted by Crippen LogP contribution is -2.63. The van der Waals surface area contributed by atoms with Crippen molar-refractivity contribution in [1.29, 1.82) is 0 Å². The van der Waals surface area contributed by atoms with Gasteiger partial charge in [-0.2, -0.15) is 5.10 Å². The van der Waals surface area contributed by atoms with Crippen molar-refractivity contribution in [3.05, 3.63) is 72.1 Å². The number of nitrogens with zero attached hydrogens (tertiary/aromatic N) is 4. The molecule has 8 heteroatoms. The van der Waals surface area contributed by atoms with E-state index in [-0.39, 0.29) is 18.6 Å². The van der Waals surface area contributed by atoms with Gasteiger partial charge in [0.2, 0.25) is 0 Å². The molecule has 1 unspecified atom stereocenters. The zero-order valence-electron chi connectivity index (χ0n) is 16.3. The summed E-state index contributed by atoms with van der Waals surface area (Å²) in [5.74, 6) is -0.142. The van der Waals surface area contributed by atoms with E-state index in [1.807, 2.05) is 48.5 Å². The molecular formula is C22H21N5O3. The Labute approximate surface area is 173 Å². The van der Waals surface area contributed by atoms with Crippen LogP contribution in [0, 0.1) is 0 Å². The smallest absolute Gasteiger partial charge is 0.410 e. The fourth-order valence-electron chi connectivity index (χ4n) is 4.26. The van der Waals surface area contributed by atoms with Crippen molar-refractivity contribution in [3.8, 4) is 11.4 Å². The maximum atomic E-state index is 13.2. The predicted molar refractivity (Wildman–Crippen MR) is 109 cm³/mol. The van der Waals surface area contributed by atoms with Gasteiger partial charge in [0.05, 0.1) is 5.69 Å². The molecule has 2 fully saturated rings. The highest BCUT2D eigenvalue weighted by molar-refractivity contribution is 5.93. The summed E-state index contributed by atoms with van der Waals surface area (Å²) in [6, 6.07) is 17.3. The van der Waals surface area contributed by atoms with Crippen molar-refractivity contribution in [1.82, 2.24) is 25.0 Å². The lowest BCUT2D eigenvalue weighted by molar-refractivity contribution is 0.0371. The summed E-state index contributed by atoms with van der Waals surface area (Å²) in [4.78, 5) is 33.3. The highest BCUT2D eigenvalue weighted by atomic mass is 16.6. The Morgan fingerprint density at radius 1 is 1.10 bits per heavy atom. The van der Waals surface area contributed by atoms with E-state index in [0.29, 0.717) is 43.1 Å². The second-order valence-corrected chi connectivity index (χ2v) is 7.70. The number of hydrogen-bond acceptors (Lipinski definition) is 5. The molecule has 1 N–H and O–H groups in total. The number of piperazine rings is 1. The molecule has 152 valence electrons. The number of pyridine rings is 1. The molecule has 3 aromatic rings. The minimum absolute atomic E-state index is 0.142. The zero-order chi connectivity index (χ0) is 20.6. The Morgan fingerprint density at radius 3 is 2.73 bits per heavy atom. The van der Waals surface area contributed by atoms with Gasteiger partial charge in [0.25, 0.3) is 5.91 Å². The monoisotopic (exact) mass is 403 g/mol. The van der Waals surface area contributed by atoms with Crippen LogP contribution in [0.1, 0.15) is 16.1 Å². The third-order valence-corrected chi connectivity index (χ3v) is 5.73. The van der Waals surface area contributed by atoms with Gasteiger partial charge in [-0.3, -0.25) is 19.8 Å². The van der Waals surface area contributed by atoms with Crippen molar-refractivity contribution < 1.29 is 14.3 Å².